The van der Waals surface area contributed by atoms with Gasteiger partial charge >= 0.3 is 0 Å². The van der Waals surface area contributed by atoms with Crippen molar-refractivity contribution < 1.29 is 0 Å². The molecule has 0 aromatic rings. The van der Waals surface area contributed by atoms with Gasteiger partial charge < -0.3 is 0 Å². The van der Waals surface area contributed by atoms with E-state index in [0.29, 0.717) is 0 Å². The monoisotopic (exact) mass is 239 g/mol. The largest absolute Gasteiger partial charge is 0.198 e. The summed E-state index contributed by atoms with van der Waals surface area (Å²) in [6, 6.07) is 2.37. The lowest BCUT2D eigenvalue weighted by atomic mass is 9.89. The fourth-order valence-electron chi connectivity index (χ4n) is 2.25. The first-order valence-corrected chi connectivity index (χ1v) is 7.78. The molecule has 1 aliphatic rings. The number of nitriles is 1. The Kier molecular flexibility index (Phi) is 6.28. The van der Waals surface area contributed by atoms with E-state index in [1.165, 1.54) is 50.0 Å². The maximum Gasteiger partial charge on any atom is 0.0683 e. The second-order valence-electron chi connectivity index (χ2n) is 5.68. The van der Waals surface area contributed by atoms with Gasteiger partial charge in [-0.05, 0) is 57.0 Å². The summed E-state index contributed by atoms with van der Waals surface area (Å²) in [5, 5.41) is 8.89. The van der Waals surface area contributed by atoms with E-state index >= 15 is 0 Å². The van der Waals surface area contributed by atoms with Gasteiger partial charge in [-0.3, -0.25) is 0 Å². The predicted octanol–water partition coefficient (Wildman–Crippen LogP) is 4.63. The first kappa shape index (κ1) is 13.9. The SMILES string of the molecule is CC(C)(C#N)CCCCSCC1CCCC1. The molecule has 0 aliphatic heterocycles. The molecule has 0 amide bonds. The molecule has 92 valence electrons. The molecule has 0 heterocycles. The Morgan fingerprint density at radius 1 is 1.25 bits per heavy atom. The Balaban J connectivity index is 1.90. The van der Waals surface area contributed by atoms with Crippen LogP contribution in [0.1, 0.15) is 58.8 Å². The van der Waals surface area contributed by atoms with Gasteiger partial charge in [-0.15, -0.1) is 0 Å². The molecule has 0 radical (unpaired) electrons. The molecule has 0 aromatic carbocycles. The quantitative estimate of drug-likeness (QED) is 0.605. The van der Waals surface area contributed by atoms with Gasteiger partial charge in [-0.25, -0.2) is 0 Å². The summed E-state index contributed by atoms with van der Waals surface area (Å²) >= 11 is 2.13. The Labute approximate surface area is 105 Å². The van der Waals surface area contributed by atoms with E-state index in [0.717, 1.165) is 12.3 Å². The van der Waals surface area contributed by atoms with Crippen molar-refractivity contribution in [2.75, 3.05) is 11.5 Å². The lowest BCUT2D eigenvalue weighted by molar-refractivity contribution is 0.433. The lowest BCUT2D eigenvalue weighted by Crippen LogP contribution is -2.07. The fourth-order valence-corrected chi connectivity index (χ4v) is 3.50. The van der Waals surface area contributed by atoms with Gasteiger partial charge in [0.05, 0.1) is 11.5 Å². The van der Waals surface area contributed by atoms with Crippen LogP contribution in [0.5, 0.6) is 0 Å². The van der Waals surface area contributed by atoms with E-state index < -0.39 is 0 Å². The fraction of sp³-hybridized carbons (Fsp3) is 0.929. The van der Waals surface area contributed by atoms with Gasteiger partial charge in [0.2, 0.25) is 0 Å². The molecule has 0 saturated heterocycles. The minimum atomic E-state index is -0.115. The molecular formula is C14H25NS. The molecule has 0 unspecified atom stereocenters. The van der Waals surface area contributed by atoms with Crippen LogP contribution in [0.25, 0.3) is 0 Å². The standard InChI is InChI=1S/C14H25NS/c1-14(2,12-15)9-5-6-10-16-11-13-7-3-4-8-13/h13H,3-11H2,1-2H3. The Hall–Kier alpha value is -0.160. The zero-order valence-corrected chi connectivity index (χ0v) is 11.6. The highest BCUT2D eigenvalue weighted by atomic mass is 32.2. The smallest absolute Gasteiger partial charge is 0.0683 e. The highest BCUT2D eigenvalue weighted by molar-refractivity contribution is 7.99. The van der Waals surface area contributed by atoms with Crippen molar-refractivity contribution in [2.24, 2.45) is 11.3 Å². The Morgan fingerprint density at radius 2 is 1.94 bits per heavy atom. The van der Waals surface area contributed by atoms with Crippen molar-refractivity contribution in [3.8, 4) is 6.07 Å². The maximum atomic E-state index is 8.89. The molecule has 0 atom stereocenters. The van der Waals surface area contributed by atoms with Gasteiger partial charge in [-0.1, -0.05) is 19.3 Å². The molecule has 1 rings (SSSR count). The van der Waals surface area contributed by atoms with Crippen molar-refractivity contribution in [3.05, 3.63) is 0 Å². The van der Waals surface area contributed by atoms with Crippen LogP contribution in [0.3, 0.4) is 0 Å². The molecule has 0 spiro atoms. The van der Waals surface area contributed by atoms with E-state index in [1.807, 2.05) is 13.8 Å². The van der Waals surface area contributed by atoms with Crippen LogP contribution in [-0.4, -0.2) is 11.5 Å². The molecule has 2 heteroatoms. The summed E-state index contributed by atoms with van der Waals surface area (Å²) in [6.07, 6.45) is 9.39. The second kappa shape index (κ2) is 7.22. The third-order valence-electron chi connectivity index (χ3n) is 3.47. The Bertz CT molecular complexity index is 223. The number of hydrogen-bond donors (Lipinski definition) is 0. The van der Waals surface area contributed by atoms with Crippen LogP contribution < -0.4 is 0 Å². The average molecular weight is 239 g/mol. The van der Waals surface area contributed by atoms with Crippen LogP contribution in [-0.2, 0) is 0 Å². The maximum absolute atomic E-state index is 8.89. The number of thioether (sulfide) groups is 1. The van der Waals surface area contributed by atoms with Crippen LogP contribution >= 0.6 is 11.8 Å². The minimum Gasteiger partial charge on any atom is -0.198 e. The number of hydrogen-bond acceptors (Lipinski definition) is 2. The summed E-state index contributed by atoms with van der Waals surface area (Å²) in [5.41, 5.74) is -0.115. The summed E-state index contributed by atoms with van der Waals surface area (Å²) in [5.74, 6) is 3.68. The number of rotatable bonds is 7. The molecular weight excluding hydrogens is 214 g/mol. The molecule has 1 fully saturated rings. The van der Waals surface area contributed by atoms with E-state index in [4.69, 9.17) is 5.26 Å². The molecule has 1 nitrogen and oxygen atoms in total. The van der Waals surface area contributed by atoms with E-state index in [1.54, 1.807) is 0 Å². The number of unbranched alkanes of at least 4 members (excludes halogenated alkanes) is 1. The first-order chi connectivity index (χ1) is 7.64. The zero-order chi connectivity index (χ0) is 11.9. The van der Waals surface area contributed by atoms with E-state index in [-0.39, 0.29) is 5.41 Å². The van der Waals surface area contributed by atoms with E-state index in [9.17, 15) is 0 Å². The summed E-state index contributed by atoms with van der Waals surface area (Å²) in [7, 11) is 0. The molecule has 1 aliphatic carbocycles. The Morgan fingerprint density at radius 3 is 2.56 bits per heavy atom. The van der Waals surface area contributed by atoms with E-state index in [2.05, 4.69) is 17.8 Å². The van der Waals surface area contributed by atoms with Crippen LogP contribution in [0.2, 0.25) is 0 Å². The van der Waals surface area contributed by atoms with Crippen molar-refractivity contribution >= 4 is 11.8 Å². The van der Waals surface area contributed by atoms with Crippen molar-refractivity contribution in [3.63, 3.8) is 0 Å². The molecule has 0 N–H and O–H groups in total. The van der Waals surface area contributed by atoms with Crippen molar-refractivity contribution in [2.45, 2.75) is 58.8 Å². The number of nitrogens with zero attached hydrogens (tertiary/aromatic N) is 1. The highest BCUT2D eigenvalue weighted by Crippen LogP contribution is 2.28. The summed E-state index contributed by atoms with van der Waals surface area (Å²) in [4.78, 5) is 0. The van der Waals surface area contributed by atoms with Gasteiger partial charge in [0.25, 0.3) is 0 Å². The predicted molar refractivity (Wildman–Crippen MR) is 72.5 cm³/mol. The summed E-state index contributed by atoms with van der Waals surface area (Å²) < 4.78 is 0. The average Bonchev–Trinajstić information content (AvgIpc) is 2.76. The van der Waals surface area contributed by atoms with Gasteiger partial charge in [0.15, 0.2) is 0 Å². The zero-order valence-electron chi connectivity index (χ0n) is 10.8. The second-order valence-corrected chi connectivity index (χ2v) is 6.83. The third kappa shape index (κ3) is 5.80. The minimum absolute atomic E-state index is 0.115. The van der Waals surface area contributed by atoms with Gasteiger partial charge in [-0.2, -0.15) is 17.0 Å². The van der Waals surface area contributed by atoms with Crippen LogP contribution in [0.4, 0.5) is 0 Å². The lowest BCUT2D eigenvalue weighted by Gasteiger charge is -2.14. The van der Waals surface area contributed by atoms with Crippen molar-refractivity contribution in [1.82, 2.24) is 0 Å². The normalized spacial score (nSPS) is 17.6. The molecule has 16 heavy (non-hydrogen) atoms. The molecule has 0 aromatic heterocycles. The summed E-state index contributed by atoms with van der Waals surface area (Å²) in [6.45, 7) is 4.08. The third-order valence-corrected chi connectivity index (χ3v) is 4.76. The van der Waals surface area contributed by atoms with Crippen molar-refractivity contribution in [1.29, 1.82) is 5.26 Å². The first-order valence-electron chi connectivity index (χ1n) is 6.63. The highest BCUT2D eigenvalue weighted by Gasteiger charge is 2.16. The van der Waals surface area contributed by atoms with Gasteiger partial charge in [0, 0.05) is 0 Å². The van der Waals surface area contributed by atoms with Crippen LogP contribution in [0, 0.1) is 22.7 Å². The molecule has 0 bridgehead atoms. The molecule has 1 saturated carbocycles. The van der Waals surface area contributed by atoms with Gasteiger partial charge in [0.1, 0.15) is 0 Å². The topological polar surface area (TPSA) is 23.8 Å². The van der Waals surface area contributed by atoms with Crippen LogP contribution in [0.15, 0.2) is 0 Å².